The molecule has 1 heterocycles. The molecular weight excluding hydrogens is 278 g/mol. The van der Waals surface area contributed by atoms with Crippen LogP contribution in [0.15, 0.2) is 0 Å². The summed E-state index contributed by atoms with van der Waals surface area (Å²) in [6.45, 7) is 5.99. The van der Waals surface area contributed by atoms with Crippen LogP contribution >= 0.6 is 0 Å². The lowest BCUT2D eigenvalue weighted by Crippen LogP contribution is -2.49. The highest BCUT2D eigenvalue weighted by molar-refractivity contribution is 5.74. The molecule has 1 aliphatic heterocycles. The number of nitrogens with zero attached hydrogens (tertiary/aromatic N) is 2. The predicted molar refractivity (Wildman–Crippen MR) is 88.9 cm³/mol. The Hall–Kier alpha value is -0.810. The summed E-state index contributed by atoms with van der Waals surface area (Å²) in [5, 5.41) is 13.1. The fourth-order valence-corrected chi connectivity index (χ4v) is 3.73. The molecule has 2 N–H and O–H groups in total. The number of amides is 2. The van der Waals surface area contributed by atoms with Crippen LogP contribution in [0.2, 0.25) is 0 Å². The quantitative estimate of drug-likeness (QED) is 0.817. The SMILES string of the molecule is CC(CN1CCCCC1)NC(=O)N(C)CC1CCCCC1O. The van der Waals surface area contributed by atoms with Crippen molar-refractivity contribution in [3.05, 3.63) is 0 Å². The molecule has 0 bridgehead atoms. The Morgan fingerprint density at radius 3 is 2.59 bits per heavy atom. The minimum Gasteiger partial charge on any atom is -0.393 e. The molecule has 2 amide bonds. The van der Waals surface area contributed by atoms with E-state index in [9.17, 15) is 9.90 Å². The first-order valence-electron chi connectivity index (χ1n) is 8.98. The van der Waals surface area contributed by atoms with Crippen molar-refractivity contribution in [1.29, 1.82) is 0 Å². The van der Waals surface area contributed by atoms with Gasteiger partial charge < -0.3 is 20.2 Å². The first kappa shape index (κ1) is 17.5. The lowest BCUT2D eigenvalue weighted by atomic mass is 9.86. The second-order valence-corrected chi connectivity index (χ2v) is 7.20. The molecule has 22 heavy (non-hydrogen) atoms. The molecule has 128 valence electrons. The minimum atomic E-state index is -0.241. The average molecular weight is 311 g/mol. The van der Waals surface area contributed by atoms with Crippen LogP contribution in [0.3, 0.4) is 0 Å². The first-order chi connectivity index (χ1) is 10.6. The number of nitrogens with one attached hydrogen (secondary N) is 1. The Balaban J connectivity index is 1.70. The van der Waals surface area contributed by atoms with Gasteiger partial charge in [0.05, 0.1) is 6.10 Å². The van der Waals surface area contributed by atoms with E-state index in [1.54, 1.807) is 4.90 Å². The number of likely N-dealkylation sites (tertiary alicyclic amines) is 1. The highest BCUT2D eigenvalue weighted by Gasteiger charge is 2.26. The minimum absolute atomic E-state index is 0.0118. The van der Waals surface area contributed by atoms with Crippen molar-refractivity contribution < 1.29 is 9.90 Å². The van der Waals surface area contributed by atoms with Gasteiger partial charge in [-0.3, -0.25) is 0 Å². The Morgan fingerprint density at radius 2 is 1.91 bits per heavy atom. The molecule has 0 spiro atoms. The van der Waals surface area contributed by atoms with Gasteiger partial charge in [-0.25, -0.2) is 4.79 Å². The Kier molecular flexibility index (Phi) is 6.96. The van der Waals surface area contributed by atoms with Crippen molar-refractivity contribution in [1.82, 2.24) is 15.1 Å². The Bertz CT molecular complexity index is 345. The number of carbonyl (C=O) groups is 1. The van der Waals surface area contributed by atoms with Crippen LogP contribution in [0, 0.1) is 5.92 Å². The highest BCUT2D eigenvalue weighted by Crippen LogP contribution is 2.24. The van der Waals surface area contributed by atoms with Crippen molar-refractivity contribution in [2.24, 2.45) is 5.92 Å². The van der Waals surface area contributed by atoms with Crippen molar-refractivity contribution >= 4 is 6.03 Å². The summed E-state index contributed by atoms with van der Waals surface area (Å²) in [6.07, 6.45) is 7.84. The van der Waals surface area contributed by atoms with Crippen LogP contribution in [0.25, 0.3) is 0 Å². The fraction of sp³-hybridized carbons (Fsp3) is 0.941. The van der Waals surface area contributed by atoms with Gasteiger partial charge in [0.2, 0.25) is 0 Å². The van der Waals surface area contributed by atoms with E-state index in [-0.39, 0.29) is 24.1 Å². The van der Waals surface area contributed by atoms with Crippen LogP contribution in [-0.4, -0.2) is 66.3 Å². The summed E-state index contributed by atoms with van der Waals surface area (Å²) < 4.78 is 0. The number of hydrogen-bond acceptors (Lipinski definition) is 3. The number of piperidine rings is 1. The lowest BCUT2D eigenvalue weighted by molar-refractivity contribution is 0.0562. The van der Waals surface area contributed by atoms with Crippen LogP contribution in [0.1, 0.15) is 51.9 Å². The number of aliphatic hydroxyl groups is 1. The van der Waals surface area contributed by atoms with E-state index in [0.29, 0.717) is 6.54 Å². The molecule has 5 nitrogen and oxygen atoms in total. The molecule has 2 fully saturated rings. The monoisotopic (exact) mass is 311 g/mol. The summed E-state index contributed by atoms with van der Waals surface area (Å²) in [4.78, 5) is 16.5. The maximum absolute atomic E-state index is 12.3. The van der Waals surface area contributed by atoms with E-state index in [0.717, 1.165) is 38.9 Å². The zero-order valence-corrected chi connectivity index (χ0v) is 14.3. The lowest BCUT2D eigenvalue weighted by Gasteiger charge is -2.33. The van der Waals surface area contributed by atoms with Crippen LogP contribution in [0.5, 0.6) is 0 Å². The van der Waals surface area contributed by atoms with Gasteiger partial charge in [0.1, 0.15) is 0 Å². The summed E-state index contributed by atoms with van der Waals surface area (Å²) in [7, 11) is 1.84. The molecule has 1 saturated heterocycles. The summed E-state index contributed by atoms with van der Waals surface area (Å²) in [5.41, 5.74) is 0. The molecule has 0 aromatic rings. The summed E-state index contributed by atoms with van der Waals surface area (Å²) in [5.74, 6) is 0.238. The van der Waals surface area contributed by atoms with E-state index in [2.05, 4.69) is 17.1 Å². The number of rotatable bonds is 5. The molecule has 1 saturated carbocycles. The molecule has 3 atom stereocenters. The highest BCUT2D eigenvalue weighted by atomic mass is 16.3. The maximum atomic E-state index is 12.3. The predicted octanol–water partition coefficient (Wildman–Crippen LogP) is 2.05. The second-order valence-electron chi connectivity index (χ2n) is 7.20. The van der Waals surface area contributed by atoms with Crippen LogP contribution in [0.4, 0.5) is 4.79 Å². The van der Waals surface area contributed by atoms with Gasteiger partial charge in [0.25, 0.3) is 0 Å². The van der Waals surface area contributed by atoms with E-state index in [1.165, 1.54) is 25.7 Å². The molecule has 2 rings (SSSR count). The van der Waals surface area contributed by atoms with Crippen LogP contribution in [-0.2, 0) is 0 Å². The van der Waals surface area contributed by atoms with Gasteiger partial charge in [0, 0.05) is 32.1 Å². The molecule has 1 aliphatic carbocycles. The zero-order valence-electron chi connectivity index (χ0n) is 14.3. The number of carbonyl (C=O) groups excluding carboxylic acids is 1. The molecule has 0 radical (unpaired) electrons. The Morgan fingerprint density at radius 1 is 1.23 bits per heavy atom. The van der Waals surface area contributed by atoms with Crippen molar-refractivity contribution in [2.75, 3.05) is 33.2 Å². The third-order valence-electron chi connectivity index (χ3n) is 5.07. The number of aliphatic hydroxyl groups excluding tert-OH is 1. The largest absolute Gasteiger partial charge is 0.393 e. The Labute approximate surface area is 135 Å². The second kappa shape index (κ2) is 8.73. The van der Waals surface area contributed by atoms with Gasteiger partial charge in [-0.2, -0.15) is 0 Å². The molecule has 5 heteroatoms. The third kappa shape index (κ3) is 5.43. The van der Waals surface area contributed by atoms with Crippen molar-refractivity contribution in [3.63, 3.8) is 0 Å². The molecule has 0 aromatic carbocycles. The van der Waals surface area contributed by atoms with Crippen LogP contribution < -0.4 is 5.32 Å². The normalized spacial score (nSPS) is 28.1. The molecule has 2 aliphatic rings. The number of urea groups is 1. The van der Waals surface area contributed by atoms with Gasteiger partial charge in [-0.05, 0) is 45.7 Å². The topological polar surface area (TPSA) is 55.8 Å². The van der Waals surface area contributed by atoms with Gasteiger partial charge in [-0.1, -0.05) is 19.3 Å². The third-order valence-corrected chi connectivity index (χ3v) is 5.07. The van der Waals surface area contributed by atoms with Crippen molar-refractivity contribution in [3.8, 4) is 0 Å². The number of hydrogen-bond donors (Lipinski definition) is 2. The molecular formula is C17H33N3O2. The van der Waals surface area contributed by atoms with E-state index >= 15 is 0 Å². The average Bonchev–Trinajstić information content (AvgIpc) is 2.50. The van der Waals surface area contributed by atoms with Crippen molar-refractivity contribution in [2.45, 2.75) is 64.0 Å². The van der Waals surface area contributed by atoms with E-state index in [1.807, 2.05) is 7.05 Å². The fourth-order valence-electron chi connectivity index (χ4n) is 3.73. The van der Waals surface area contributed by atoms with Gasteiger partial charge >= 0.3 is 6.03 Å². The first-order valence-corrected chi connectivity index (χ1v) is 8.98. The summed E-state index contributed by atoms with van der Waals surface area (Å²) in [6, 6.07) is 0.159. The summed E-state index contributed by atoms with van der Waals surface area (Å²) >= 11 is 0. The standard InChI is InChI=1S/C17H33N3O2/c1-14(12-20-10-6-3-7-11-20)18-17(22)19(2)13-15-8-4-5-9-16(15)21/h14-16,21H,3-13H2,1-2H3,(H,18,22). The van der Waals surface area contributed by atoms with Gasteiger partial charge in [0.15, 0.2) is 0 Å². The van der Waals surface area contributed by atoms with E-state index < -0.39 is 0 Å². The molecule has 3 unspecified atom stereocenters. The van der Waals surface area contributed by atoms with Gasteiger partial charge in [-0.15, -0.1) is 0 Å². The smallest absolute Gasteiger partial charge is 0.317 e. The zero-order chi connectivity index (χ0) is 15.9. The van der Waals surface area contributed by atoms with E-state index in [4.69, 9.17) is 0 Å². The maximum Gasteiger partial charge on any atom is 0.317 e. The molecule has 0 aromatic heterocycles.